The van der Waals surface area contributed by atoms with Gasteiger partial charge in [-0.25, -0.2) is 4.57 Å². The lowest BCUT2D eigenvalue weighted by molar-refractivity contribution is -0.679. The average Bonchev–Trinajstić information content (AvgIpc) is 2.85. The summed E-state index contributed by atoms with van der Waals surface area (Å²) in [6.07, 6.45) is 2.61. The largest absolute Gasteiger partial charge is 0.394 e. The van der Waals surface area contributed by atoms with Crippen LogP contribution in [-0.4, -0.2) is 28.6 Å². The molecule has 0 saturated heterocycles. The van der Waals surface area contributed by atoms with Crippen molar-refractivity contribution < 1.29 is 14.5 Å². The molecule has 1 aliphatic rings. The number of pyridine rings is 1. The number of aliphatic hydroxyl groups is 1. The predicted molar refractivity (Wildman–Crippen MR) is 78.5 cm³/mol. The van der Waals surface area contributed by atoms with Crippen molar-refractivity contribution in [1.82, 2.24) is 4.90 Å². The number of carbonyl (C=O) groups is 1. The van der Waals surface area contributed by atoms with Gasteiger partial charge in [0, 0.05) is 6.07 Å². The molecule has 0 bridgehead atoms. The number of carbonyl (C=O) groups excluding carboxylic acids is 1. The van der Waals surface area contributed by atoms with E-state index in [1.54, 1.807) is 4.90 Å². The summed E-state index contributed by atoms with van der Waals surface area (Å²) < 4.78 is 1.98. The Kier molecular flexibility index (Phi) is 3.71. The second-order valence-corrected chi connectivity index (χ2v) is 5.44. The molecular weight excluding hydrogens is 264 g/mol. The number of benzene rings is 1. The number of aliphatic hydroxyl groups excluding tert-OH is 1. The van der Waals surface area contributed by atoms with Crippen LogP contribution in [0.25, 0.3) is 0 Å². The van der Waals surface area contributed by atoms with Crippen LogP contribution in [0.4, 0.5) is 0 Å². The Balaban J connectivity index is 1.84. The fraction of sp³-hybridized carbons (Fsp3) is 0.294. The maximum Gasteiger partial charge on any atom is 0.261 e. The van der Waals surface area contributed by atoms with Crippen molar-refractivity contribution in [3.05, 3.63) is 65.5 Å². The lowest BCUT2D eigenvalue weighted by Crippen LogP contribution is -2.40. The Morgan fingerprint density at radius 1 is 1.24 bits per heavy atom. The van der Waals surface area contributed by atoms with Gasteiger partial charge in [-0.05, 0) is 18.1 Å². The maximum absolute atomic E-state index is 12.5. The lowest BCUT2D eigenvalue weighted by Gasteiger charge is -2.25. The quantitative estimate of drug-likeness (QED) is 0.853. The van der Waals surface area contributed by atoms with Gasteiger partial charge in [0.2, 0.25) is 5.69 Å². The van der Waals surface area contributed by atoms with Gasteiger partial charge in [0.05, 0.1) is 12.6 Å². The summed E-state index contributed by atoms with van der Waals surface area (Å²) in [5, 5.41) is 9.71. The highest BCUT2D eigenvalue weighted by molar-refractivity contribution is 5.97. The van der Waals surface area contributed by atoms with E-state index in [-0.39, 0.29) is 18.6 Å². The Morgan fingerprint density at radius 2 is 2.00 bits per heavy atom. The van der Waals surface area contributed by atoms with Crippen molar-refractivity contribution in [3.8, 4) is 0 Å². The molecule has 1 aromatic heterocycles. The Hall–Kier alpha value is -2.20. The fourth-order valence-corrected chi connectivity index (χ4v) is 2.88. The first kappa shape index (κ1) is 13.8. The molecule has 21 heavy (non-hydrogen) atoms. The van der Waals surface area contributed by atoms with E-state index in [1.807, 2.05) is 60.3 Å². The summed E-state index contributed by atoms with van der Waals surface area (Å²) in [6, 6.07) is 13.5. The molecule has 1 N–H and O–H groups in total. The van der Waals surface area contributed by atoms with Crippen molar-refractivity contribution in [2.75, 3.05) is 6.61 Å². The molecule has 0 saturated carbocycles. The van der Waals surface area contributed by atoms with E-state index in [4.69, 9.17) is 0 Å². The molecule has 2 aromatic rings. The molecular formula is C17H19N2O2+. The standard InChI is InChI=1S/C17H19N2O2/c1-18-9-5-8-15-16(18)11-19(17(15)21)14(12-20)10-13-6-3-2-4-7-13/h2-9,14,20H,10-12H2,1H3/q+1. The number of aromatic nitrogens is 1. The van der Waals surface area contributed by atoms with Crippen LogP contribution in [0, 0.1) is 0 Å². The molecule has 1 amide bonds. The maximum atomic E-state index is 12.5. The third-order valence-corrected chi connectivity index (χ3v) is 4.09. The highest BCUT2D eigenvalue weighted by Crippen LogP contribution is 2.23. The summed E-state index contributed by atoms with van der Waals surface area (Å²) in [6.45, 7) is 0.530. The van der Waals surface area contributed by atoms with Gasteiger partial charge >= 0.3 is 0 Å². The van der Waals surface area contributed by atoms with E-state index in [9.17, 15) is 9.90 Å². The van der Waals surface area contributed by atoms with Crippen LogP contribution in [0.2, 0.25) is 0 Å². The third-order valence-electron chi connectivity index (χ3n) is 4.09. The van der Waals surface area contributed by atoms with Crippen LogP contribution in [0.5, 0.6) is 0 Å². The van der Waals surface area contributed by atoms with Crippen LogP contribution in [0.1, 0.15) is 21.6 Å². The normalized spacial score (nSPS) is 15.1. The van der Waals surface area contributed by atoms with Gasteiger partial charge < -0.3 is 10.0 Å². The van der Waals surface area contributed by atoms with Gasteiger partial charge in [-0.15, -0.1) is 0 Å². The Labute approximate surface area is 124 Å². The number of amides is 1. The van der Waals surface area contributed by atoms with Crippen molar-refractivity contribution in [1.29, 1.82) is 0 Å². The fourth-order valence-electron chi connectivity index (χ4n) is 2.88. The minimum atomic E-state index is -0.188. The van der Waals surface area contributed by atoms with Gasteiger partial charge in [0.1, 0.15) is 19.2 Å². The first-order valence-electron chi connectivity index (χ1n) is 7.14. The van der Waals surface area contributed by atoms with Crippen LogP contribution in [-0.2, 0) is 20.0 Å². The van der Waals surface area contributed by atoms with E-state index < -0.39 is 0 Å². The van der Waals surface area contributed by atoms with Gasteiger partial charge in [0.25, 0.3) is 5.91 Å². The van der Waals surface area contributed by atoms with E-state index in [0.717, 1.165) is 16.8 Å². The van der Waals surface area contributed by atoms with Crippen molar-refractivity contribution in [3.63, 3.8) is 0 Å². The molecule has 2 heterocycles. The Morgan fingerprint density at radius 3 is 2.67 bits per heavy atom. The highest BCUT2D eigenvalue weighted by Gasteiger charge is 2.37. The van der Waals surface area contributed by atoms with Gasteiger partial charge in [-0.1, -0.05) is 30.3 Å². The van der Waals surface area contributed by atoms with Crippen molar-refractivity contribution in [2.45, 2.75) is 19.0 Å². The number of hydrogen-bond acceptors (Lipinski definition) is 2. The smallest absolute Gasteiger partial charge is 0.261 e. The van der Waals surface area contributed by atoms with E-state index in [0.29, 0.717) is 13.0 Å². The monoisotopic (exact) mass is 283 g/mol. The molecule has 4 nitrogen and oxygen atoms in total. The van der Waals surface area contributed by atoms with Crippen LogP contribution >= 0.6 is 0 Å². The van der Waals surface area contributed by atoms with E-state index in [2.05, 4.69) is 0 Å². The summed E-state index contributed by atoms with van der Waals surface area (Å²) in [5.41, 5.74) is 2.88. The summed E-state index contributed by atoms with van der Waals surface area (Å²) >= 11 is 0. The van der Waals surface area contributed by atoms with Crippen LogP contribution < -0.4 is 4.57 Å². The lowest BCUT2D eigenvalue weighted by atomic mass is 10.1. The number of nitrogens with zero attached hydrogens (tertiary/aromatic N) is 2. The van der Waals surface area contributed by atoms with Gasteiger partial charge in [-0.2, -0.15) is 0 Å². The van der Waals surface area contributed by atoms with E-state index in [1.165, 1.54) is 0 Å². The molecule has 1 aromatic carbocycles. The number of rotatable bonds is 4. The molecule has 0 spiro atoms. The molecule has 1 aliphatic heterocycles. The molecule has 108 valence electrons. The topological polar surface area (TPSA) is 44.4 Å². The molecule has 3 rings (SSSR count). The van der Waals surface area contributed by atoms with Crippen LogP contribution in [0.3, 0.4) is 0 Å². The zero-order chi connectivity index (χ0) is 14.8. The van der Waals surface area contributed by atoms with Gasteiger partial charge in [0.15, 0.2) is 6.20 Å². The minimum Gasteiger partial charge on any atom is -0.394 e. The molecule has 0 radical (unpaired) electrons. The summed E-state index contributed by atoms with van der Waals surface area (Å²) in [5.74, 6) is 0.0104. The summed E-state index contributed by atoms with van der Waals surface area (Å²) in [7, 11) is 1.95. The second-order valence-electron chi connectivity index (χ2n) is 5.44. The molecule has 4 heteroatoms. The third kappa shape index (κ3) is 2.54. The van der Waals surface area contributed by atoms with Gasteiger partial charge in [-0.3, -0.25) is 4.79 Å². The number of fused-ring (bicyclic) bond motifs is 1. The zero-order valence-electron chi connectivity index (χ0n) is 12.1. The van der Waals surface area contributed by atoms with Crippen molar-refractivity contribution in [2.24, 2.45) is 7.05 Å². The average molecular weight is 283 g/mol. The van der Waals surface area contributed by atoms with Crippen LogP contribution in [0.15, 0.2) is 48.7 Å². The number of hydrogen-bond donors (Lipinski definition) is 1. The number of aryl methyl sites for hydroxylation is 1. The van der Waals surface area contributed by atoms with Crippen molar-refractivity contribution >= 4 is 5.91 Å². The molecule has 1 atom stereocenters. The second kappa shape index (κ2) is 5.66. The minimum absolute atomic E-state index is 0.0104. The SMILES string of the molecule is C[n+]1cccc2c1CN(C(CO)Cc1ccccc1)C2=O. The molecule has 0 aliphatic carbocycles. The molecule has 1 unspecified atom stereocenters. The van der Waals surface area contributed by atoms with E-state index >= 15 is 0 Å². The first-order chi connectivity index (χ1) is 10.2. The molecule has 0 fully saturated rings. The summed E-state index contributed by atoms with van der Waals surface area (Å²) in [4.78, 5) is 14.3. The highest BCUT2D eigenvalue weighted by atomic mass is 16.3. The Bertz CT molecular complexity index is 655. The first-order valence-corrected chi connectivity index (χ1v) is 7.14. The zero-order valence-corrected chi connectivity index (χ0v) is 12.1. The predicted octanol–water partition coefficient (Wildman–Crippen LogP) is 1.07.